The molecule has 4 bridgehead atoms. The first-order valence-corrected chi connectivity index (χ1v) is 17.1. The van der Waals surface area contributed by atoms with Gasteiger partial charge in [-0.05, 0) is 98.2 Å². The van der Waals surface area contributed by atoms with Crippen molar-refractivity contribution < 1.29 is 17.9 Å². The lowest BCUT2D eigenvalue weighted by Crippen LogP contribution is -2.52. The maximum atomic E-state index is 12.9. The number of rotatable bonds is 9. The molecule has 1 aliphatic heterocycles. The number of piperazine rings is 1. The van der Waals surface area contributed by atoms with Crippen molar-refractivity contribution in [1.82, 2.24) is 13.5 Å². The van der Waals surface area contributed by atoms with Crippen LogP contribution < -0.4 is 5.32 Å². The smallest absolute Gasteiger partial charge is 0.281 e. The van der Waals surface area contributed by atoms with E-state index in [-0.39, 0.29) is 11.3 Å². The number of ether oxygens (including phenoxy) is 1. The van der Waals surface area contributed by atoms with Gasteiger partial charge in [0.2, 0.25) is 0 Å². The molecule has 2 aromatic rings. The van der Waals surface area contributed by atoms with Crippen molar-refractivity contribution in [2.75, 3.05) is 58.8 Å². The molecule has 2 aromatic carbocycles. The number of anilines is 1. The van der Waals surface area contributed by atoms with E-state index in [0.717, 1.165) is 34.6 Å². The number of amides is 1. The number of likely N-dealkylation sites (N-methyl/N-ethyl adjacent to an activating group) is 1. The number of carbonyl (C=O) groups excluding carboxylic acids is 1. The van der Waals surface area contributed by atoms with Gasteiger partial charge in [0, 0.05) is 75.7 Å². The number of nitrogens with zero attached hydrogens (tertiary/aromatic N) is 3. The summed E-state index contributed by atoms with van der Waals surface area (Å²) < 4.78 is 33.4. The van der Waals surface area contributed by atoms with E-state index in [1.807, 2.05) is 48.5 Å². The van der Waals surface area contributed by atoms with Crippen molar-refractivity contribution in [2.45, 2.75) is 45.1 Å². The molecule has 1 heterocycles. The molecule has 0 aromatic heterocycles. The Morgan fingerprint density at radius 3 is 2.14 bits per heavy atom. The molecular weight excluding hydrogens is 560 g/mol. The van der Waals surface area contributed by atoms with E-state index in [1.165, 1.54) is 47.1 Å². The molecule has 1 amide bonds. The Morgan fingerprint density at radius 1 is 0.953 bits per heavy atom. The van der Waals surface area contributed by atoms with E-state index in [1.54, 1.807) is 14.2 Å². The van der Waals surface area contributed by atoms with E-state index in [4.69, 9.17) is 4.74 Å². The predicted octanol–water partition coefficient (Wildman–Crippen LogP) is 4.45. The van der Waals surface area contributed by atoms with Gasteiger partial charge < -0.3 is 10.1 Å². The first-order valence-electron chi connectivity index (χ1n) is 15.7. The van der Waals surface area contributed by atoms with E-state index in [9.17, 15) is 13.2 Å². The molecule has 1 saturated heterocycles. The molecule has 5 aliphatic rings. The molecule has 0 unspecified atom stereocenters. The van der Waals surface area contributed by atoms with Gasteiger partial charge in [-0.3, -0.25) is 9.69 Å². The molecule has 0 atom stereocenters. The highest BCUT2D eigenvalue weighted by Crippen LogP contribution is 2.59. The molecule has 230 valence electrons. The molecule has 7 rings (SSSR count). The van der Waals surface area contributed by atoms with Crippen molar-refractivity contribution in [2.24, 2.45) is 23.2 Å². The molecule has 5 fully saturated rings. The summed E-state index contributed by atoms with van der Waals surface area (Å²) in [6.07, 6.45) is 8.14. The molecule has 4 aliphatic carbocycles. The van der Waals surface area contributed by atoms with Crippen LogP contribution in [0.2, 0.25) is 0 Å². The van der Waals surface area contributed by atoms with E-state index >= 15 is 0 Å². The normalized spacial score (nSPS) is 27.2. The standard InChI is InChI=1S/C34H44N4O4S/c1-36(17-18-42-2)43(40,41)38-15-13-37(14-16-38)25-27-3-7-31(8-4-27)33(39)35-32-9-5-26(6-10-32)11-12-34-22-28-19-29(23-34)21-30(20-28)24-34/h3-10,28-30H,13-25H2,1-2H3,(H,35,39). The lowest BCUT2D eigenvalue weighted by atomic mass is 9.50. The van der Waals surface area contributed by atoms with E-state index in [2.05, 4.69) is 22.1 Å². The second-order valence-corrected chi connectivity index (χ2v) is 15.2. The van der Waals surface area contributed by atoms with Crippen molar-refractivity contribution >= 4 is 21.8 Å². The molecule has 9 heteroatoms. The average molecular weight is 605 g/mol. The topological polar surface area (TPSA) is 82.2 Å². The molecular formula is C34H44N4O4S. The van der Waals surface area contributed by atoms with Crippen LogP contribution in [0.1, 0.15) is 60.0 Å². The fraction of sp³-hybridized carbons (Fsp3) is 0.559. The summed E-state index contributed by atoms with van der Waals surface area (Å²) in [5.74, 6) is 9.72. The number of hydrogen-bond acceptors (Lipinski definition) is 5. The maximum absolute atomic E-state index is 12.9. The van der Waals surface area contributed by atoms with Gasteiger partial charge in [0.25, 0.3) is 16.1 Å². The Labute approximate surface area is 256 Å². The van der Waals surface area contributed by atoms with Gasteiger partial charge in [-0.25, -0.2) is 0 Å². The van der Waals surface area contributed by atoms with E-state index < -0.39 is 10.2 Å². The Hall–Kier alpha value is -2.74. The Balaban J connectivity index is 0.979. The summed E-state index contributed by atoms with van der Waals surface area (Å²) in [4.78, 5) is 15.2. The van der Waals surface area contributed by atoms with Crippen LogP contribution in [0, 0.1) is 35.0 Å². The summed E-state index contributed by atoms with van der Waals surface area (Å²) in [6.45, 7) is 3.62. The lowest BCUT2D eigenvalue weighted by Gasteiger charge is -2.54. The highest BCUT2D eigenvalue weighted by atomic mass is 32.2. The lowest BCUT2D eigenvalue weighted by molar-refractivity contribution is -0.0181. The second-order valence-electron chi connectivity index (χ2n) is 13.2. The highest BCUT2D eigenvalue weighted by molar-refractivity contribution is 7.86. The van der Waals surface area contributed by atoms with Crippen molar-refractivity contribution in [3.63, 3.8) is 0 Å². The average Bonchev–Trinajstić information content (AvgIpc) is 2.99. The van der Waals surface area contributed by atoms with Crippen LogP contribution in [0.4, 0.5) is 5.69 Å². The number of nitrogens with one attached hydrogen (secondary N) is 1. The van der Waals surface area contributed by atoms with Crippen LogP contribution in [-0.4, -0.2) is 81.3 Å². The zero-order chi connectivity index (χ0) is 30.0. The zero-order valence-corrected chi connectivity index (χ0v) is 26.2. The van der Waals surface area contributed by atoms with Crippen molar-refractivity contribution in [1.29, 1.82) is 0 Å². The van der Waals surface area contributed by atoms with Crippen LogP contribution in [0.25, 0.3) is 0 Å². The SMILES string of the molecule is COCCN(C)S(=O)(=O)N1CCN(Cc2ccc(C(=O)Nc3ccc(C#CC45CC6CC(CC(C6)C4)C5)cc3)cc2)CC1. The third-order valence-corrected chi connectivity index (χ3v) is 11.9. The summed E-state index contributed by atoms with van der Waals surface area (Å²) in [6, 6.07) is 15.5. The molecule has 0 spiro atoms. The van der Waals surface area contributed by atoms with Crippen LogP contribution in [0.5, 0.6) is 0 Å². The van der Waals surface area contributed by atoms with Crippen molar-refractivity contribution in [3.05, 3.63) is 65.2 Å². The predicted molar refractivity (Wildman–Crippen MR) is 169 cm³/mol. The van der Waals surface area contributed by atoms with Crippen LogP contribution >= 0.6 is 0 Å². The van der Waals surface area contributed by atoms with Crippen LogP contribution in [-0.2, 0) is 21.5 Å². The Kier molecular flexibility index (Phi) is 8.95. The monoisotopic (exact) mass is 604 g/mol. The third kappa shape index (κ3) is 7.00. The van der Waals surface area contributed by atoms with Gasteiger partial charge in [0.15, 0.2) is 0 Å². The summed E-state index contributed by atoms with van der Waals surface area (Å²) in [5.41, 5.74) is 3.70. The fourth-order valence-corrected chi connectivity index (χ4v) is 9.30. The van der Waals surface area contributed by atoms with Gasteiger partial charge in [-0.2, -0.15) is 17.0 Å². The third-order valence-electron chi connectivity index (χ3n) is 9.94. The largest absolute Gasteiger partial charge is 0.383 e. The summed E-state index contributed by atoms with van der Waals surface area (Å²) >= 11 is 0. The van der Waals surface area contributed by atoms with Gasteiger partial charge >= 0.3 is 0 Å². The molecule has 43 heavy (non-hydrogen) atoms. The number of hydrogen-bond donors (Lipinski definition) is 1. The second kappa shape index (κ2) is 12.7. The first-order chi connectivity index (χ1) is 20.7. The van der Waals surface area contributed by atoms with Gasteiger partial charge in [0.1, 0.15) is 0 Å². The first kappa shape index (κ1) is 30.3. The maximum Gasteiger partial charge on any atom is 0.281 e. The summed E-state index contributed by atoms with van der Waals surface area (Å²) in [7, 11) is -0.323. The van der Waals surface area contributed by atoms with Crippen molar-refractivity contribution in [3.8, 4) is 11.8 Å². The van der Waals surface area contributed by atoms with Gasteiger partial charge in [0.05, 0.1) is 6.61 Å². The van der Waals surface area contributed by atoms with Gasteiger partial charge in [-0.15, -0.1) is 0 Å². The molecule has 1 N–H and O–H groups in total. The van der Waals surface area contributed by atoms with E-state index in [0.29, 0.717) is 51.4 Å². The number of methoxy groups -OCH3 is 1. The minimum absolute atomic E-state index is 0.143. The fourth-order valence-electron chi connectivity index (χ4n) is 7.98. The summed E-state index contributed by atoms with van der Waals surface area (Å²) in [5, 5.41) is 3.01. The molecule has 4 saturated carbocycles. The van der Waals surface area contributed by atoms with Crippen LogP contribution in [0.3, 0.4) is 0 Å². The minimum Gasteiger partial charge on any atom is -0.383 e. The van der Waals surface area contributed by atoms with Crippen LogP contribution in [0.15, 0.2) is 48.5 Å². The Bertz CT molecular complexity index is 1420. The highest BCUT2D eigenvalue weighted by Gasteiger charge is 2.50. The minimum atomic E-state index is -3.48. The molecule has 0 radical (unpaired) electrons. The zero-order valence-electron chi connectivity index (χ0n) is 25.4. The molecule has 8 nitrogen and oxygen atoms in total. The number of carbonyl (C=O) groups is 1. The van der Waals surface area contributed by atoms with Gasteiger partial charge in [-0.1, -0.05) is 24.0 Å². The quantitative estimate of drug-likeness (QED) is 0.428. The Morgan fingerprint density at radius 2 is 1.56 bits per heavy atom. The number of benzene rings is 2.